The summed E-state index contributed by atoms with van der Waals surface area (Å²) in [7, 11) is -3.53. The van der Waals surface area contributed by atoms with Gasteiger partial charge in [0.2, 0.25) is 15.9 Å². The Kier molecular flexibility index (Phi) is 5.82. The van der Waals surface area contributed by atoms with E-state index in [1.165, 1.54) is 4.31 Å². The number of rotatable bonds is 6. The standard InChI is InChI=1S/C21H23N5O3S/c27-21(17-22-19-9-4-5-10-20(19)26-12-6-11-23-26)24-13-15-25(16-14-24)30(28,29)18-7-2-1-3-8-18/h1-12,22H,13-17H2. The normalized spacial score (nSPS) is 15.1. The van der Waals surface area contributed by atoms with Crippen LogP contribution in [0.1, 0.15) is 0 Å². The van der Waals surface area contributed by atoms with Gasteiger partial charge < -0.3 is 10.2 Å². The first-order valence-electron chi connectivity index (χ1n) is 9.71. The molecule has 156 valence electrons. The lowest BCUT2D eigenvalue weighted by atomic mass is 10.2. The Balaban J connectivity index is 1.35. The summed E-state index contributed by atoms with van der Waals surface area (Å²) >= 11 is 0. The van der Waals surface area contributed by atoms with Crippen LogP contribution in [0, 0.1) is 0 Å². The molecule has 0 radical (unpaired) electrons. The highest BCUT2D eigenvalue weighted by Crippen LogP contribution is 2.20. The maximum absolute atomic E-state index is 12.7. The second kappa shape index (κ2) is 8.68. The average molecular weight is 426 g/mol. The molecule has 1 aliphatic rings. The number of benzene rings is 2. The van der Waals surface area contributed by atoms with Gasteiger partial charge in [0.05, 0.1) is 22.8 Å². The van der Waals surface area contributed by atoms with E-state index in [1.807, 2.05) is 36.5 Å². The fraction of sp³-hybridized carbons (Fsp3) is 0.238. The average Bonchev–Trinajstić information content (AvgIpc) is 3.33. The van der Waals surface area contributed by atoms with E-state index in [-0.39, 0.29) is 30.4 Å². The molecule has 2 aromatic carbocycles. The van der Waals surface area contributed by atoms with Gasteiger partial charge in [-0.05, 0) is 30.3 Å². The van der Waals surface area contributed by atoms with Crippen molar-refractivity contribution in [3.8, 4) is 5.69 Å². The van der Waals surface area contributed by atoms with E-state index in [1.54, 1.807) is 46.1 Å². The Hall–Kier alpha value is -3.17. The molecule has 1 amide bonds. The van der Waals surface area contributed by atoms with Gasteiger partial charge in [0.1, 0.15) is 0 Å². The molecule has 0 unspecified atom stereocenters. The second-order valence-electron chi connectivity index (χ2n) is 6.92. The van der Waals surface area contributed by atoms with Crippen LogP contribution in [-0.2, 0) is 14.8 Å². The van der Waals surface area contributed by atoms with Crippen LogP contribution in [0.15, 0.2) is 78.0 Å². The van der Waals surface area contributed by atoms with Gasteiger partial charge in [0.15, 0.2) is 0 Å². The van der Waals surface area contributed by atoms with E-state index < -0.39 is 10.0 Å². The van der Waals surface area contributed by atoms with Crippen LogP contribution in [0.4, 0.5) is 5.69 Å². The lowest BCUT2D eigenvalue weighted by molar-refractivity contribution is -0.130. The Bertz CT molecular complexity index is 1090. The van der Waals surface area contributed by atoms with Crippen LogP contribution < -0.4 is 5.32 Å². The van der Waals surface area contributed by atoms with Gasteiger partial charge in [0, 0.05) is 38.6 Å². The molecule has 1 fully saturated rings. The number of aromatic nitrogens is 2. The van der Waals surface area contributed by atoms with Crippen molar-refractivity contribution < 1.29 is 13.2 Å². The van der Waals surface area contributed by atoms with E-state index in [0.29, 0.717) is 13.1 Å². The largest absolute Gasteiger partial charge is 0.374 e. The molecule has 8 nitrogen and oxygen atoms in total. The number of carbonyl (C=O) groups excluding carboxylic acids is 1. The number of sulfonamides is 1. The SMILES string of the molecule is O=C(CNc1ccccc1-n1cccn1)N1CCN(S(=O)(=O)c2ccccc2)CC1. The number of carbonyl (C=O) groups is 1. The summed E-state index contributed by atoms with van der Waals surface area (Å²) in [5, 5.41) is 7.42. The summed E-state index contributed by atoms with van der Waals surface area (Å²) < 4.78 is 28.6. The maximum atomic E-state index is 12.7. The number of amides is 1. The zero-order valence-electron chi connectivity index (χ0n) is 16.4. The number of hydrogen-bond donors (Lipinski definition) is 1. The Morgan fingerprint density at radius 1 is 0.933 bits per heavy atom. The molecule has 2 heterocycles. The van der Waals surface area contributed by atoms with Crippen molar-refractivity contribution >= 4 is 21.6 Å². The van der Waals surface area contributed by atoms with Crippen molar-refractivity contribution in [2.24, 2.45) is 0 Å². The topological polar surface area (TPSA) is 87.5 Å². The van der Waals surface area contributed by atoms with Crippen molar-refractivity contribution in [1.82, 2.24) is 19.0 Å². The van der Waals surface area contributed by atoms with Crippen LogP contribution in [0.3, 0.4) is 0 Å². The van der Waals surface area contributed by atoms with Crippen molar-refractivity contribution in [2.45, 2.75) is 4.90 Å². The van der Waals surface area contributed by atoms with Gasteiger partial charge in [-0.25, -0.2) is 13.1 Å². The molecule has 1 aliphatic heterocycles. The van der Waals surface area contributed by atoms with Gasteiger partial charge in [-0.1, -0.05) is 30.3 Å². The van der Waals surface area contributed by atoms with E-state index in [4.69, 9.17) is 0 Å². The van der Waals surface area contributed by atoms with E-state index in [2.05, 4.69) is 10.4 Å². The first kappa shape index (κ1) is 20.1. The van der Waals surface area contributed by atoms with Crippen LogP contribution >= 0.6 is 0 Å². The third-order valence-corrected chi connectivity index (χ3v) is 6.97. The summed E-state index contributed by atoms with van der Waals surface area (Å²) in [4.78, 5) is 14.6. The lowest BCUT2D eigenvalue weighted by Crippen LogP contribution is -2.51. The minimum Gasteiger partial charge on any atom is -0.374 e. The van der Waals surface area contributed by atoms with Gasteiger partial charge >= 0.3 is 0 Å². The van der Waals surface area contributed by atoms with E-state index >= 15 is 0 Å². The summed E-state index contributed by atoms with van der Waals surface area (Å²) in [6.45, 7) is 1.43. The molecular formula is C21H23N5O3S. The summed E-state index contributed by atoms with van der Waals surface area (Å²) in [5.41, 5.74) is 1.66. The number of piperazine rings is 1. The Labute approximate surface area is 175 Å². The quantitative estimate of drug-likeness (QED) is 0.651. The number of anilines is 1. The monoisotopic (exact) mass is 425 g/mol. The zero-order chi connectivity index (χ0) is 21.0. The van der Waals surface area contributed by atoms with E-state index in [0.717, 1.165) is 11.4 Å². The highest BCUT2D eigenvalue weighted by atomic mass is 32.2. The van der Waals surface area contributed by atoms with Crippen molar-refractivity contribution in [3.63, 3.8) is 0 Å². The first-order valence-corrected chi connectivity index (χ1v) is 11.2. The zero-order valence-corrected chi connectivity index (χ0v) is 17.2. The molecule has 30 heavy (non-hydrogen) atoms. The van der Waals surface area contributed by atoms with E-state index in [9.17, 15) is 13.2 Å². The molecule has 0 atom stereocenters. The number of para-hydroxylation sites is 2. The van der Waals surface area contributed by atoms with Gasteiger partial charge in [-0.2, -0.15) is 9.40 Å². The van der Waals surface area contributed by atoms with Gasteiger partial charge in [0.25, 0.3) is 0 Å². The molecule has 4 rings (SSSR count). The second-order valence-corrected chi connectivity index (χ2v) is 8.86. The van der Waals surface area contributed by atoms with Crippen LogP contribution in [0.5, 0.6) is 0 Å². The van der Waals surface area contributed by atoms with Crippen molar-refractivity contribution in [2.75, 3.05) is 38.0 Å². The molecule has 1 saturated heterocycles. The fourth-order valence-electron chi connectivity index (χ4n) is 3.44. The summed E-state index contributed by atoms with van der Waals surface area (Å²) in [6, 6.07) is 17.9. The van der Waals surface area contributed by atoms with Gasteiger partial charge in [-0.15, -0.1) is 0 Å². The molecule has 0 saturated carbocycles. The van der Waals surface area contributed by atoms with Crippen LogP contribution in [-0.4, -0.2) is 66.0 Å². The lowest BCUT2D eigenvalue weighted by Gasteiger charge is -2.34. The molecule has 0 spiro atoms. The highest BCUT2D eigenvalue weighted by molar-refractivity contribution is 7.89. The highest BCUT2D eigenvalue weighted by Gasteiger charge is 2.29. The van der Waals surface area contributed by atoms with Gasteiger partial charge in [-0.3, -0.25) is 4.79 Å². The third-order valence-electron chi connectivity index (χ3n) is 5.06. The summed E-state index contributed by atoms with van der Waals surface area (Å²) in [5.74, 6) is -0.0676. The van der Waals surface area contributed by atoms with Crippen molar-refractivity contribution in [1.29, 1.82) is 0 Å². The molecule has 9 heteroatoms. The predicted molar refractivity (Wildman–Crippen MR) is 114 cm³/mol. The maximum Gasteiger partial charge on any atom is 0.243 e. The van der Waals surface area contributed by atoms with Crippen LogP contribution in [0.25, 0.3) is 5.69 Å². The van der Waals surface area contributed by atoms with Crippen molar-refractivity contribution in [3.05, 3.63) is 73.1 Å². The molecule has 3 aromatic rings. The Morgan fingerprint density at radius 2 is 1.63 bits per heavy atom. The Morgan fingerprint density at radius 3 is 2.33 bits per heavy atom. The minimum atomic E-state index is -3.53. The molecule has 0 bridgehead atoms. The predicted octanol–water partition coefficient (Wildman–Crippen LogP) is 1.82. The number of nitrogens with one attached hydrogen (secondary N) is 1. The minimum absolute atomic E-state index is 0.0676. The smallest absolute Gasteiger partial charge is 0.243 e. The number of hydrogen-bond acceptors (Lipinski definition) is 5. The number of nitrogens with zero attached hydrogens (tertiary/aromatic N) is 4. The molecule has 1 aromatic heterocycles. The third kappa shape index (κ3) is 4.22. The fourth-order valence-corrected chi connectivity index (χ4v) is 4.88. The first-order chi connectivity index (χ1) is 14.6. The molecule has 0 aliphatic carbocycles. The molecule has 1 N–H and O–H groups in total. The molecular weight excluding hydrogens is 402 g/mol. The van der Waals surface area contributed by atoms with Crippen LogP contribution in [0.2, 0.25) is 0 Å². The summed E-state index contributed by atoms with van der Waals surface area (Å²) in [6.07, 6.45) is 3.54.